The van der Waals surface area contributed by atoms with Crippen molar-refractivity contribution in [2.24, 2.45) is 0 Å². The maximum absolute atomic E-state index is 9.61. The molecular formula is C53H36N4. The monoisotopic (exact) mass is 728 g/mol. The summed E-state index contributed by atoms with van der Waals surface area (Å²) in [6, 6.07) is 71.0. The second-order valence-corrected chi connectivity index (χ2v) is 14.2. The predicted molar refractivity (Wildman–Crippen MR) is 236 cm³/mol. The van der Waals surface area contributed by atoms with E-state index in [1.54, 1.807) is 0 Å². The van der Waals surface area contributed by atoms with Crippen LogP contribution < -0.4 is 5.32 Å². The number of pyridine rings is 2. The molecule has 0 spiro atoms. The molecule has 0 radical (unpaired) electrons. The van der Waals surface area contributed by atoms with Gasteiger partial charge in [0.15, 0.2) is 0 Å². The number of hydrogen-bond acceptors (Lipinski definition) is 4. The molecule has 0 saturated carbocycles. The number of nitrogens with zero attached hydrogens (tertiary/aromatic N) is 2. The van der Waals surface area contributed by atoms with Crippen molar-refractivity contribution in [2.75, 3.05) is 0 Å². The zero-order chi connectivity index (χ0) is 38.1. The van der Waals surface area contributed by atoms with Crippen LogP contribution in [0.15, 0.2) is 206 Å². The zero-order valence-electron chi connectivity index (χ0n) is 31.0. The second-order valence-electron chi connectivity index (χ2n) is 14.2. The van der Waals surface area contributed by atoms with Gasteiger partial charge in [-0.25, -0.2) is 9.97 Å². The van der Waals surface area contributed by atoms with Crippen LogP contribution in [0.4, 0.5) is 0 Å². The van der Waals surface area contributed by atoms with Gasteiger partial charge in [0.05, 0.1) is 39.5 Å². The van der Waals surface area contributed by atoms with Crippen LogP contribution >= 0.6 is 0 Å². The Morgan fingerprint density at radius 1 is 0.386 bits per heavy atom. The summed E-state index contributed by atoms with van der Waals surface area (Å²) in [6.07, 6.45) is 0. The average molecular weight is 729 g/mol. The van der Waals surface area contributed by atoms with Crippen LogP contribution in [0.5, 0.6) is 0 Å². The van der Waals surface area contributed by atoms with Crippen molar-refractivity contribution < 1.29 is 0 Å². The van der Waals surface area contributed by atoms with Crippen LogP contribution in [-0.2, 0) is 0 Å². The van der Waals surface area contributed by atoms with Crippen molar-refractivity contribution >= 4 is 50.1 Å². The van der Waals surface area contributed by atoms with Gasteiger partial charge in [-0.1, -0.05) is 194 Å². The molecule has 0 fully saturated rings. The van der Waals surface area contributed by atoms with Crippen molar-refractivity contribution in [3.63, 3.8) is 0 Å². The molecule has 1 aliphatic rings. The second kappa shape index (κ2) is 14.5. The molecule has 268 valence electrons. The highest BCUT2D eigenvalue weighted by atomic mass is 14.9. The SMILES string of the molecule is N=C(/C(=C1\NC(c2ccccc2)=C(c2ccc(-c3ccc4ccc5ccc(-c6ccccc6)nc5c4n3)cc2)c2ccccc21)c1ccccc1)c1ccccc1. The Hall–Kier alpha value is -7.69. The maximum Gasteiger partial charge on any atom is 0.0972 e. The van der Waals surface area contributed by atoms with Gasteiger partial charge in [-0.3, -0.25) is 5.41 Å². The molecule has 2 aromatic heterocycles. The highest BCUT2D eigenvalue weighted by molar-refractivity contribution is 6.36. The Balaban J connectivity index is 1.11. The largest absolute Gasteiger partial charge is 0.353 e. The van der Waals surface area contributed by atoms with Gasteiger partial charge < -0.3 is 5.32 Å². The molecule has 7 aromatic carbocycles. The van der Waals surface area contributed by atoms with E-state index in [0.29, 0.717) is 5.71 Å². The molecule has 0 aliphatic carbocycles. The average Bonchev–Trinajstić information content (AvgIpc) is 3.30. The topological polar surface area (TPSA) is 61.7 Å². The van der Waals surface area contributed by atoms with E-state index < -0.39 is 0 Å². The third-order valence-electron chi connectivity index (χ3n) is 10.7. The Kier molecular flexibility index (Phi) is 8.62. The van der Waals surface area contributed by atoms with Crippen molar-refractivity contribution in [2.45, 2.75) is 0 Å². The minimum Gasteiger partial charge on any atom is -0.353 e. The van der Waals surface area contributed by atoms with Gasteiger partial charge in [0.25, 0.3) is 0 Å². The van der Waals surface area contributed by atoms with Gasteiger partial charge in [-0.15, -0.1) is 0 Å². The van der Waals surface area contributed by atoms with Crippen LogP contribution in [0, 0.1) is 5.41 Å². The van der Waals surface area contributed by atoms with Crippen molar-refractivity contribution in [3.8, 4) is 22.5 Å². The van der Waals surface area contributed by atoms with E-state index in [9.17, 15) is 5.41 Å². The van der Waals surface area contributed by atoms with E-state index in [4.69, 9.17) is 9.97 Å². The lowest BCUT2D eigenvalue weighted by atomic mass is 9.82. The number of benzene rings is 7. The highest BCUT2D eigenvalue weighted by Gasteiger charge is 2.28. The predicted octanol–water partition coefficient (Wildman–Crippen LogP) is 12.6. The van der Waals surface area contributed by atoms with Gasteiger partial charge in [-0.05, 0) is 34.4 Å². The maximum atomic E-state index is 9.61. The van der Waals surface area contributed by atoms with E-state index >= 15 is 0 Å². The van der Waals surface area contributed by atoms with Gasteiger partial charge in [0.2, 0.25) is 0 Å². The standard InChI is InChI=1S/C53H36N4/c54-49(39-19-9-3-10-20-39)48(37-17-7-2-8-18-37)53-44-24-14-13-23-43(44)47(50(57-53)40-21-11-4-12-22-40)38-27-25-36(26-28-38)46-34-32-42-30-29-41-31-33-45(35-15-5-1-6-16-35)55-51(41)52(42)56-46/h1-34,54,57H/b53-48-,54-49?. The summed E-state index contributed by atoms with van der Waals surface area (Å²) in [4.78, 5) is 10.4. The lowest BCUT2D eigenvalue weighted by Crippen LogP contribution is -2.23. The Morgan fingerprint density at radius 3 is 1.40 bits per heavy atom. The first-order chi connectivity index (χ1) is 28.2. The normalized spacial score (nSPS) is 13.3. The summed E-state index contributed by atoms with van der Waals surface area (Å²) in [5.74, 6) is 0. The molecule has 0 saturated heterocycles. The fourth-order valence-corrected chi connectivity index (χ4v) is 7.90. The summed E-state index contributed by atoms with van der Waals surface area (Å²) in [5.41, 5.74) is 16.1. The molecule has 0 atom stereocenters. The quantitative estimate of drug-likeness (QED) is 0.127. The van der Waals surface area contributed by atoms with E-state index in [1.165, 1.54) is 0 Å². The van der Waals surface area contributed by atoms with Crippen LogP contribution in [0.1, 0.15) is 33.4 Å². The fraction of sp³-hybridized carbons (Fsp3) is 0. The van der Waals surface area contributed by atoms with Crippen LogP contribution in [0.2, 0.25) is 0 Å². The Labute approximate surface area is 331 Å². The molecule has 9 aromatic rings. The summed E-state index contributed by atoms with van der Waals surface area (Å²) in [6.45, 7) is 0. The molecule has 4 nitrogen and oxygen atoms in total. The summed E-state index contributed by atoms with van der Waals surface area (Å²) < 4.78 is 0. The Morgan fingerprint density at radius 2 is 0.825 bits per heavy atom. The van der Waals surface area contributed by atoms with E-state index in [2.05, 4.69) is 139 Å². The third kappa shape index (κ3) is 6.29. The lowest BCUT2D eigenvalue weighted by Gasteiger charge is -2.30. The summed E-state index contributed by atoms with van der Waals surface area (Å²) in [7, 11) is 0. The summed E-state index contributed by atoms with van der Waals surface area (Å²) in [5, 5.41) is 15.7. The molecule has 2 N–H and O–H groups in total. The highest BCUT2D eigenvalue weighted by Crippen LogP contribution is 2.43. The minimum atomic E-state index is 0.460. The molecule has 0 unspecified atom stereocenters. The van der Waals surface area contributed by atoms with Gasteiger partial charge in [0.1, 0.15) is 0 Å². The van der Waals surface area contributed by atoms with E-state index in [0.717, 1.165) is 100 Å². The van der Waals surface area contributed by atoms with E-state index in [-0.39, 0.29) is 0 Å². The number of fused-ring (bicyclic) bond motifs is 4. The van der Waals surface area contributed by atoms with Crippen molar-refractivity contribution in [1.82, 2.24) is 15.3 Å². The smallest absolute Gasteiger partial charge is 0.0972 e. The molecule has 4 heteroatoms. The number of aromatic nitrogens is 2. The number of allylic oxidation sites excluding steroid dienone is 1. The minimum absolute atomic E-state index is 0.460. The zero-order valence-corrected chi connectivity index (χ0v) is 31.0. The molecule has 3 heterocycles. The van der Waals surface area contributed by atoms with Crippen LogP contribution in [0.3, 0.4) is 0 Å². The fourth-order valence-electron chi connectivity index (χ4n) is 7.90. The molecule has 0 bridgehead atoms. The molecular weight excluding hydrogens is 693 g/mol. The van der Waals surface area contributed by atoms with Gasteiger partial charge >= 0.3 is 0 Å². The number of hydrogen-bond donors (Lipinski definition) is 2. The summed E-state index contributed by atoms with van der Waals surface area (Å²) >= 11 is 0. The first-order valence-electron chi connectivity index (χ1n) is 19.2. The van der Waals surface area contributed by atoms with Crippen LogP contribution in [0.25, 0.3) is 66.9 Å². The molecule has 1 aliphatic heterocycles. The lowest BCUT2D eigenvalue weighted by molar-refractivity contribution is 1.20. The van der Waals surface area contributed by atoms with Crippen LogP contribution in [-0.4, -0.2) is 15.7 Å². The van der Waals surface area contributed by atoms with Gasteiger partial charge in [-0.2, -0.15) is 0 Å². The van der Waals surface area contributed by atoms with Crippen molar-refractivity contribution in [1.29, 1.82) is 5.41 Å². The molecule has 57 heavy (non-hydrogen) atoms. The van der Waals surface area contributed by atoms with Crippen molar-refractivity contribution in [3.05, 3.63) is 240 Å². The van der Waals surface area contributed by atoms with E-state index in [1.807, 2.05) is 72.8 Å². The molecule has 0 amide bonds. The first kappa shape index (κ1) is 33.8. The molecule has 10 rings (SSSR count). The number of nitrogens with one attached hydrogen (secondary N) is 2. The number of rotatable bonds is 7. The third-order valence-corrected chi connectivity index (χ3v) is 10.7. The van der Waals surface area contributed by atoms with Gasteiger partial charge in [0, 0.05) is 44.2 Å². The first-order valence-corrected chi connectivity index (χ1v) is 19.2. The Bertz CT molecular complexity index is 3010.